The van der Waals surface area contributed by atoms with Crippen LogP contribution in [0.2, 0.25) is 0 Å². The average molecular weight is 269 g/mol. The summed E-state index contributed by atoms with van der Waals surface area (Å²) in [6, 6.07) is 0.348. The zero-order valence-electron chi connectivity index (χ0n) is 12.7. The standard InChI is InChI=1S/C16H31NO2/c1-3-5-13(6-4-2)15(17)14-7-9-19-16(11-14)8-10-18-12-16/h13-15H,3-12,17H2,1-2H3. The Balaban J connectivity index is 1.94. The van der Waals surface area contributed by atoms with Crippen molar-refractivity contribution in [1.82, 2.24) is 0 Å². The molecule has 0 radical (unpaired) electrons. The summed E-state index contributed by atoms with van der Waals surface area (Å²) in [5, 5.41) is 0. The zero-order valence-corrected chi connectivity index (χ0v) is 12.7. The highest BCUT2D eigenvalue weighted by Crippen LogP contribution is 2.38. The van der Waals surface area contributed by atoms with Crippen LogP contribution in [0.3, 0.4) is 0 Å². The van der Waals surface area contributed by atoms with Gasteiger partial charge in [0.1, 0.15) is 0 Å². The lowest BCUT2D eigenvalue weighted by Gasteiger charge is -2.41. The summed E-state index contributed by atoms with van der Waals surface area (Å²) < 4.78 is 11.6. The van der Waals surface area contributed by atoms with Gasteiger partial charge in [-0.25, -0.2) is 0 Å². The van der Waals surface area contributed by atoms with Crippen molar-refractivity contribution in [1.29, 1.82) is 0 Å². The molecule has 112 valence electrons. The highest BCUT2D eigenvalue weighted by atomic mass is 16.6. The zero-order chi connectivity index (χ0) is 13.7. The van der Waals surface area contributed by atoms with E-state index in [-0.39, 0.29) is 5.60 Å². The number of hydrogen-bond acceptors (Lipinski definition) is 3. The van der Waals surface area contributed by atoms with Gasteiger partial charge in [0, 0.05) is 25.7 Å². The molecule has 3 unspecified atom stereocenters. The Hall–Kier alpha value is -0.120. The summed E-state index contributed by atoms with van der Waals surface area (Å²) in [7, 11) is 0. The second-order valence-corrected chi connectivity index (χ2v) is 6.50. The van der Waals surface area contributed by atoms with Crippen LogP contribution in [0, 0.1) is 11.8 Å². The minimum Gasteiger partial charge on any atom is -0.378 e. The molecule has 3 heteroatoms. The van der Waals surface area contributed by atoms with E-state index in [4.69, 9.17) is 15.2 Å². The molecule has 1 spiro atoms. The first-order valence-corrected chi connectivity index (χ1v) is 8.18. The van der Waals surface area contributed by atoms with Crippen LogP contribution in [-0.4, -0.2) is 31.5 Å². The Morgan fingerprint density at radius 2 is 1.95 bits per heavy atom. The highest BCUT2D eigenvalue weighted by molar-refractivity contribution is 4.94. The summed E-state index contributed by atoms with van der Waals surface area (Å²) in [6.07, 6.45) is 8.34. The predicted octanol–water partition coefficient (Wildman–Crippen LogP) is 3.12. The Kier molecular flexibility index (Phi) is 5.67. The molecule has 2 saturated heterocycles. The van der Waals surface area contributed by atoms with Crippen molar-refractivity contribution in [2.24, 2.45) is 17.6 Å². The molecule has 2 aliphatic heterocycles. The molecule has 2 N–H and O–H groups in total. The minimum atomic E-state index is 0.00349. The molecular formula is C16H31NO2. The molecule has 0 aliphatic carbocycles. The van der Waals surface area contributed by atoms with Crippen LogP contribution in [0.5, 0.6) is 0 Å². The Bertz CT molecular complexity index is 257. The van der Waals surface area contributed by atoms with Gasteiger partial charge in [0.25, 0.3) is 0 Å². The van der Waals surface area contributed by atoms with Crippen LogP contribution < -0.4 is 5.73 Å². The Morgan fingerprint density at radius 1 is 1.21 bits per heavy atom. The van der Waals surface area contributed by atoms with Crippen LogP contribution in [0.15, 0.2) is 0 Å². The molecule has 0 bridgehead atoms. The summed E-state index contributed by atoms with van der Waals surface area (Å²) in [4.78, 5) is 0. The van der Waals surface area contributed by atoms with E-state index in [1.165, 1.54) is 25.7 Å². The van der Waals surface area contributed by atoms with Crippen molar-refractivity contribution in [2.45, 2.75) is 70.4 Å². The molecule has 2 fully saturated rings. The van der Waals surface area contributed by atoms with Gasteiger partial charge in [-0.05, 0) is 37.5 Å². The third-order valence-corrected chi connectivity index (χ3v) is 5.01. The first-order valence-electron chi connectivity index (χ1n) is 8.18. The average Bonchev–Trinajstić information content (AvgIpc) is 2.86. The van der Waals surface area contributed by atoms with E-state index in [0.717, 1.165) is 39.1 Å². The Labute approximate surface area is 118 Å². The van der Waals surface area contributed by atoms with Crippen molar-refractivity contribution < 1.29 is 9.47 Å². The molecule has 19 heavy (non-hydrogen) atoms. The van der Waals surface area contributed by atoms with Crippen molar-refractivity contribution in [3.8, 4) is 0 Å². The van der Waals surface area contributed by atoms with Gasteiger partial charge < -0.3 is 15.2 Å². The number of nitrogens with two attached hydrogens (primary N) is 1. The minimum absolute atomic E-state index is 0.00349. The maximum atomic E-state index is 6.62. The summed E-state index contributed by atoms with van der Waals surface area (Å²) in [5.41, 5.74) is 6.62. The second kappa shape index (κ2) is 7.05. The quantitative estimate of drug-likeness (QED) is 0.806. The summed E-state index contributed by atoms with van der Waals surface area (Å²) in [6.45, 7) is 7.04. The van der Waals surface area contributed by atoms with E-state index in [9.17, 15) is 0 Å². The molecule has 2 rings (SSSR count). The Morgan fingerprint density at radius 3 is 2.53 bits per heavy atom. The molecule has 0 aromatic heterocycles. The molecule has 2 heterocycles. The lowest BCUT2D eigenvalue weighted by molar-refractivity contribution is -0.104. The summed E-state index contributed by atoms with van der Waals surface area (Å²) in [5.74, 6) is 1.32. The fraction of sp³-hybridized carbons (Fsp3) is 1.00. The smallest absolute Gasteiger partial charge is 0.0939 e. The lowest BCUT2D eigenvalue weighted by atomic mass is 9.75. The number of rotatable bonds is 6. The van der Waals surface area contributed by atoms with Gasteiger partial charge >= 0.3 is 0 Å². The molecule has 3 nitrogen and oxygen atoms in total. The molecule has 0 aromatic carbocycles. The van der Waals surface area contributed by atoms with Gasteiger partial charge in [-0.2, -0.15) is 0 Å². The van der Waals surface area contributed by atoms with Crippen molar-refractivity contribution >= 4 is 0 Å². The molecular weight excluding hydrogens is 238 g/mol. The van der Waals surface area contributed by atoms with Gasteiger partial charge in [-0.3, -0.25) is 0 Å². The first kappa shape index (κ1) is 15.3. The van der Waals surface area contributed by atoms with Crippen LogP contribution >= 0.6 is 0 Å². The monoisotopic (exact) mass is 269 g/mol. The fourth-order valence-corrected chi connectivity index (χ4v) is 3.91. The van der Waals surface area contributed by atoms with E-state index in [1.54, 1.807) is 0 Å². The number of hydrogen-bond donors (Lipinski definition) is 1. The van der Waals surface area contributed by atoms with Crippen molar-refractivity contribution in [3.05, 3.63) is 0 Å². The number of ether oxygens (including phenoxy) is 2. The first-order chi connectivity index (χ1) is 9.21. The van der Waals surface area contributed by atoms with Crippen molar-refractivity contribution in [3.63, 3.8) is 0 Å². The molecule has 2 aliphatic rings. The van der Waals surface area contributed by atoms with Gasteiger partial charge in [-0.15, -0.1) is 0 Å². The second-order valence-electron chi connectivity index (χ2n) is 6.50. The predicted molar refractivity (Wildman–Crippen MR) is 78.1 cm³/mol. The van der Waals surface area contributed by atoms with E-state index in [2.05, 4.69) is 13.8 Å². The highest BCUT2D eigenvalue weighted by Gasteiger charge is 2.43. The topological polar surface area (TPSA) is 44.5 Å². The van der Waals surface area contributed by atoms with E-state index >= 15 is 0 Å². The molecule has 0 saturated carbocycles. The maximum absolute atomic E-state index is 6.62. The summed E-state index contributed by atoms with van der Waals surface area (Å²) >= 11 is 0. The van der Waals surface area contributed by atoms with Crippen LogP contribution in [-0.2, 0) is 9.47 Å². The molecule has 0 amide bonds. The van der Waals surface area contributed by atoms with Gasteiger partial charge in [-0.1, -0.05) is 26.7 Å². The van der Waals surface area contributed by atoms with Gasteiger partial charge in [0.05, 0.1) is 12.2 Å². The van der Waals surface area contributed by atoms with E-state index in [0.29, 0.717) is 17.9 Å². The molecule has 3 atom stereocenters. The van der Waals surface area contributed by atoms with Gasteiger partial charge in [0.2, 0.25) is 0 Å². The lowest BCUT2D eigenvalue weighted by Crippen LogP contribution is -2.48. The van der Waals surface area contributed by atoms with Gasteiger partial charge in [0.15, 0.2) is 0 Å². The van der Waals surface area contributed by atoms with Crippen LogP contribution in [0.1, 0.15) is 58.8 Å². The fourth-order valence-electron chi connectivity index (χ4n) is 3.91. The van der Waals surface area contributed by atoms with Crippen molar-refractivity contribution in [2.75, 3.05) is 19.8 Å². The third-order valence-electron chi connectivity index (χ3n) is 5.01. The SMILES string of the molecule is CCCC(CCC)C(N)C1CCOC2(CCOC2)C1. The normalized spacial score (nSPS) is 33.2. The van der Waals surface area contributed by atoms with E-state index < -0.39 is 0 Å². The molecule has 0 aromatic rings. The van der Waals surface area contributed by atoms with Crippen LogP contribution in [0.25, 0.3) is 0 Å². The largest absolute Gasteiger partial charge is 0.378 e. The maximum Gasteiger partial charge on any atom is 0.0939 e. The third kappa shape index (κ3) is 3.71. The van der Waals surface area contributed by atoms with Crippen LogP contribution in [0.4, 0.5) is 0 Å². The van der Waals surface area contributed by atoms with E-state index in [1.807, 2.05) is 0 Å².